The largest absolute Gasteiger partial charge is 0.464 e. The average Bonchev–Trinajstić information content (AvgIpc) is 2.28. The third-order valence-electron chi connectivity index (χ3n) is 1.62. The summed E-state index contributed by atoms with van der Waals surface area (Å²) in [4.78, 5) is 23.6. The predicted molar refractivity (Wildman–Crippen MR) is 54.8 cm³/mol. The van der Waals surface area contributed by atoms with Gasteiger partial charge in [-0.1, -0.05) is 13.8 Å². The normalized spacial score (nSPS) is 10.2. The molecule has 0 fully saturated rings. The van der Waals surface area contributed by atoms with Crippen LogP contribution < -0.4 is 5.56 Å². The van der Waals surface area contributed by atoms with Gasteiger partial charge in [-0.2, -0.15) is 13.2 Å². The van der Waals surface area contributed by atoms with Crippen LogP contribution in [0.3, 0.4) is 0 Å². The van der Waals surface area contributed by atoms with Crippen LogP contribution in [-0.4, -0.2) is 18.1 Å². The standard InChI is InChI=1S/C8H6F3NO3.C2H6/c1-15-7(14)5-3-2-4(6(13)12-5)8(9,10)11;1-2/h2-3H,1H3,(H,12,13);1-2H3. The molecule has 4 nitrogen and oxygen atoms in total. The minimum absolute atomic E-state index is 0.324. The van der Waals surface area contributed by atoms with Crippen LogP contribution in [0.25, 0.3) is 0 Å². The molecule has 7 heteroatoms. The van der Waals surface area contributed by atoms with E-state index in [0.29, 0.717) is 6.07 Å². The zero-order chi connectivity index (χ0) is 13.6. The monoisotopic (exact) mass is 251 g/mol. The molecule has 0 saturated carbocycles. The molecule has 0 aromatic carbocycles. The molecule has 1 rings (SSSR count). The molecule has 0 aliphatic heterocycles. The van der Waals surface area contributed by atoms with Crippen LogP contribution in [0.2, 0.25) is 0 Å². The molecule has 0 spiro atoms. The number of hydrogen-bond acceptors (Lipinski definition) is 3. The zero-order valence-corrected chi connectivity index (χ0v) is 9.51. The third-order valence-corrected chi connectivity index (χ3v) is 1.62. The highest BCUT2D eigenvalue weighted by atomic mass is 19.4. The SMILES string of the molecule is CC.COC(=O)c1ccc(C(F)(F)F)c(=O)[nH]1. The molecular weight excluding hydrogens is 239 g/mol. The van der Waals surface area contributed by atoms with Gasteiger partial charge in [0.25, 0.3) is 5.56 Å². The molecule has 0 amide bonds. The highest BCUT2D eigenvalue weighted by Crippen LogP contribution is 2.25. The lowest BCUT2D eigenvalue weighted by Crippen LogP contribution is -2.23. The van der Waals surface area contributed by atoms with Crippen LogP contribution >= 0.6 is 0 Å². The fourth-order valence-electron chi connectivity index (χ4n) is 0.926. The number of hydrogen-bond donors (Lipinski definition) is 1. The summed E-state index contributed by atoms with van der Waals surface area (Å²) in [7, 11) is 1.05. The van der Waals surface area contributed by atoms with Gasteiger partial charge in [-0.15, -0.1) is 0 Å². The smallest absolute Gasteiger partial charge is 0.421 e. The van der Waals surface area contributed by atoms with E-state index in [4.69, 9.17) is 0 Å². The molecular formula is C10H12F3NO3. The number of carbonyl (C=O) groups excluding carboxylic acids is 1. The first kappa shape index (κ1) is 15.2. The van der Waals surface area contributed by atoms with Crippen molar-refractivity contribution < 1.29 is 22.7 Å². The Kier molecular flexibility index (Phi) is 5.43. The molecule has 0 saturated heterocycles. The summed E-state index contributed by atoms with van der Waals surface area (Å²) in [6.45, 7) is 4.00. The molecule has 0 radical (unpaired) electrons. The van der Waals surface area contributed by atoms with Crippen LogP contribution in [0.15, 0.2) is 16.9 Å². The molecule has 0 bridgehead atoms. The van der Waals surface area contributed by atoms with Crippen LogP contribution in [-0.2, 0) is 10.9 Å². The van der Waals surface area contributed by atoms with Crippen LogP contribution in [0.5, 0.6) is 0 Å². The molecule has 1 aromatic heterocycles. The van der Waals surface area contributed by atoms with Crippen LogP contribution in [0.4, 0.5) is 13.2 Å². The van der Waals surface area contributed by atoms with Crippen molar-refractivity contribution in [2.75, 3.05) is 7.11 Å². The number of halogens is 3. The summed E-state index contributed by atoms with van der Waals surface area (Å²) in [5.41, 5.74) is -3.05. The highest BCUT2D eigenvalue weighted by Gasteiger charge is 2.34. The summed E-state index contributed by atoms with van der Waals surface area (Å²) in [5, 5.41) is 0. The van der Waals surface area contributed by atoms with E-state index in [1.54, 1.807) is 4.98 Å². The Morgan fingerprint density at radius 2 is 1.82 bits per heavy atom. The number of nitrogens with one attached hydrogen (secondary N) is 1. The lowest BCUT2D eigenvalue weighted by Gasteiger charge is -2.05. The summed E-state index contributed by atoms with van der Waals surface area (Å²) in [6, 6.07) is 1.38. The van der Waals surface area contributed by atoms with Crippen molar-refractivity contribution in [1.29, 1.82) is 0 Å². The van der Waals surface area contributed by atoms with Crippen molar-refractivity contribution in [2.24, 2.45) is 0 Å². The molecule has 96 valence electrons. The summed E-state index contributed by atoms with van der Waals surface area (Å²) < 4.78 is 40.6. The number of ether oxygens (including phenoxy) is 1. The van der Waals surface area contributed by atoms with E-state index < -0.39 is 23.3 Å². The summed E-state index contributed by atoms with van der Waals surface area (Å²) in [6.07, 6.45) is -4.73. The zero-order valence-electron chi connectivity index (χ0n) is 9.51. The Morgan fingerprint density at radius 3 is 2.18 bits per heavy atom. The molecule has 1 N–H and O–H groups in total. The second-order valence-electron chi connectivity index (χ2n) is 2.60. The number of pyridine rings is 1. The average molecular weight is 251 g/mol. The Balaban J connectivity index is 0.00000121. The van der Waals surface area contributed by atoms with E-state index in [9.17, 15) is 22.8 Å². The molecule has 1 aromatic rings. The summed E-state index contributed by atoms with van der Waals surface area (Å²) in [5.74, 6) is -0.902. The minimum atomic E-state index is -4.73. The van der Waals surface area contributed by atoms with Gasteiger partial charge >= 0.3 is 12.1 Å². The number of aromatic nitrogens is 1. The van der Waals surface area contributed by atoms with Gasteiger partial charge in [-0.25, -0.2) is 4.79 Å². The van der Waals surface area contributed by atoms with E-state index in [0.717, 1.165) is 13.2 Å². The first-order chi connectivity index (χ1) is 7.86. The number of methoxy groups -OCH3 is 1. The highest BCUT2D eigenvalue weighted by molar-refractivity contribution is 5.86. The molecule has 0 atom stereocenters. The molecule has 0 aliphatic rings. The van der Waals surface area contributed by atoms with E-state index in [2.05, 4.69) is 4.74 Å². The Morgan fingerprint density at radius 1 is 1.29 bits per heavy atom. The van der Waals surface area contributed by atoms with Crippen molar-refractivity contribution >= 4 is 5.97 Å². The second kappa shape index (κ2) is 6.07. The maximum Gasteiger partial charge on any atom is 0.421 e. The lowest BCUT2D eigenvalue weighted by molar-refractivity contribution is -0.138. The number of aromatic amines is 1. The number of rotatable bonds is 1. The number of carbonyl (C=O) groups is 1. The Labute approximate surface area is 95.4 Å². The maximum absolute atomic E-state index is 12.1. The van der Waals surface area contributed by atoms with Gasteiger partial charge in [0.1, 0.15) is 11.3 Å². The lowest BCUT2D eigenvalue weighted by atomic mass is 10.2. The quantitative estimate of drug-likeness (QED) is 0.778. The van der Waals surface area contributed by atoms with E-state index in [1.807, 2.05) is 13.8 Å². The van der Waals surface area contributed by atoms with Gasteiger partial charge in [-0.3, -0.25) is 4.79 Å². The van der Waals surface area contributed by atoms with Gasteiger partial charge in [0, 0.05) is 0 Å². The van der Waals surface area contributed by atoms with E-state index in [1.165, 1.54) is 0 Å². The molecule has 1 heterocycles. The first-order valence-electron chi connectivity index (χ1n) is 4.75. The van der Waals surface area contributed by atoms with Gasteiger partial charge in [0.15, 0.2) is 0 Å². The maximum atomic E-state index is 12.1. The van der Waals surface area contributed by atoms with Gasteiger partial charge < -0.3 is 9.72 Å². The predicted octanol–water partition coefficient (Wildman–Crippen LogP) is 2.21. The second-order valence-corrected chi connectivity index (χ2v) is 2.60. The van der Waals surface area contributed by atoms with Gasteiger partial charge in [0.05, 0.1) is 7.11 Å². The number of alkyl halides is 3. The number of H-pyrrole nitrogens is 1. The summed E-state index contributed by atoms with van der Waals surface area (Å²) >= 11 is 0. The topological polar surface area (TPSA) is 59.2 Å². The van der Waals surface area contributed by atoms with E-state index in [-0.39, 0.29) is 5.69 Å². The van der Waals surface area contributed by atoms with Crippen molar-refractivity contribution in [2.45, 2.75) is 20.0 Å². The Hall–Kier alpha value is -1.79. The number of esters is 1. The van der Waals surface area contributed by atoms with Crippen molar-refractivity contribution in [1.82, 2.24) is 4.98 Å². The molecule has 0 unspecified atom stereocenters. The third kappa shape index (κ3) is 3.93. The van der Waals surface area contributed by atoms with E-state index >= 15 is 0 Å². The van der Waals surface area contributed by atoms with Crippen molar-refractivity contribution in [3.63, 3.8) is 0 Å². The van der Waals surface area contributed by atoms with Gasteiger partial charge in [0.2, 0.25) is 0 Å². The minimum Gasteiger partial charge on any atom is -0.464 e. The van der Waals surface area contributed by atoms with Crippen LogP contribution in [0.1, 0.15) is 29.9 Å². The Bertz CT molecular complexity index is 437. The fraction of sp³-hybridized carbons (Fsp3) is 0.400. The molecule has 0 aliphatic carbocycles. The van der Waals surface area contributed by atoms with Crippen LogP contribution in [0, 0.1) is 0 Å². The van der Waals surface area contributed by atoms with Crippen molar-refractivity contribution in [3.8, 4) is 0 Å². The fourth-order valence-corrected chi connectivity index (χ4v) is 0.926. The molecule has 17 heavy (non-hydrogen) atoms. The van der Waals surface area contributed by atoms with Gasteiger partial charge in [-0.05, 0) is 12.1 Å². The first-order valence-corrected chi connectivity index (χ1v) is 4.75. The van der Waals surface area contributed by atoms with Crippen molar-refractivity contribution in [3.05, 3.63) is 33.7 Å².